The van der Waals surface area contributed by atoms with Crippen LogP contribution in [0.5, 0.6) is 0 Å². The molecule has 2 nitrogen and oxygen atoms in total. The predicted molar refractivity (Wildman–Crippen MR) is 60.0 cm³/mol. The Labute approximate surface area is 86.5 Å². The molecule has 1 aromatic heterocycles. The summed E-state index contributed by atoms with van der Waals surface area (Å²) in [4.78, 5) is 4.01. The number of hydrogen-bond acceptors (Lipinski definition) is 2. The summed E-state index contributed by atoms with van der Waals surface area (Å²) in [5.74, 6) is 0.501. The molecule has 0 bridgehead atoms. The normalized spacial score (nSPS) is 15.5. The van der Waals surface area contributed by atoms with Gasteiger partial charge in [0.15, 0.2) is 0 Å². The molecule has 78 valence electrons. The second-order valence-corrected chi connectivity index (χ2v) is 4.27. The third kappa shape index (κ3) is 2.55. The van der Waals surface area contributed by atoms with Crippen LogP contribution in [-0.4, -0.2) is 10.5 Å². The van der Waals surface area contributed by atoms with Crippen molar-refractivity contribution in [3.8, 4) is 0 Å². The molecule has 0 aromatic carbocycles. The Hall–Kier alpha value is -0.890. The van der Waals surface area contributed by atoms with Crippen molar-refractivity contribution in [2.24, 2.45) is 11.7 Å². The van der Waals surface area contributed by atoms with Crippen LogP contribution >= 0.6 is 0 Å². The fraction of sp³-hybridized carbons (Fsp3) is 0.583. The average molecular weight is 192 g/mol. The lowest BCUT2D eigenvalue weighted by molar-refractivity contribution is 0.296. The van der Waals surface area contributed by atoms with Gasteiger partial charge in [-0.25, -0.2) is 0 Å². The van der Waals surface area contributed by atoms with Crippen molar-refractivity contribution in [1.82, 2.24) is 4.98 Å². The molecule has 1 rings (SSSR count). The van der Waals surface area contributed by atoms with Crippen LogP contribution in [0.25, 0.3) is 0 Å². The maximum absolute atomic E-state index is 6.35. The molecule has 1 atom stereocenters. The SMILES string of the molecule is CCC(N)(Cc1ccncc1)C(C)C. The van der Waals surface area contributed by atoms with Gasteiger partial charge in [0.25, 0.3) is 0 Å². The summed E-state index contributed by atoms with van der Waals surface area (Å²) in [5, 5.41) is 0. The molecule has 0 spiro atoms. The second-order valence-electron chi connectivity index (χ2n) is 4.27. The van der Waals surface area contributed by atoms with Gasteiger partial charge in [0.1, 0.15) is 0 Å². The third-order valence-corrected chi connectivity index (χ3v) is 3.09. The molecular weight excluding hydrogens is 172 g/mol. The van der Waals surface area contributed by atoms with E-state index in [4.69, 9.17) is 5.73 Å². The van der Waals surface area contributed by atoms with Gasteiger partial charge in [-0.2, -0.15) is 0 Å². The summed E-state index contributed by atoms with van der Waals surface area (Å²) in [6, 6.07) is 4.08. The standard InChI is InChI=1S/C12H20N2/c1-4-12(13,10(2)3)9-11-5-7-14-8-6-11/h5-8,10H,4,9,13H2,1-3H3. The largest absolute Gasteiger partial charge is 0.325 e. The Morgan fingerprint density at radius 2 is 1.93 bits per heavy atom. The van der Waals surface area contributed by atoms with E-state index in [0.29, 0.717) is 5.92 Å². The summed E-state index contributed by atoms with van der Waals surface area (Å²) in [5.41, 5.74) is 7.55. The van der Waals surface area contributed by atoms with Crippen molar-refractivity contribution in [3.05, 3.63) is 30.1 Å². The highest BCUT2D eigenvalue weighted by atomic mass is 14.7. The quantitative estimate of drug-likeness (QED) is 0.795. The van der Waals surface area contributed by atoms with Crippen LogP contribution in [0.2, 0.25) is 0 Å². The number of nitrogens with zero attached hydrogens (tertiary/aromatic N) is 1. The highest BCUT2D eigenvalue weighted by molar-refractivity contribution is 5.14. The number of aromatic nitrogens is 1. The lowest BCUT2D eigenvalue weighted by Crippen LogP contribution is -2.46. The van der Waals surface area contributed by atoms with Crippen molar-refractivity contribution < 1.29 is 0 Å². The van der Waals surface area contributed by atoms with Crippen molar-refractivity contribution in [2.75, 3.05) is 0 Å². The summed E-state index contributed by atoms with van der Waals surface area (Å²) < 4.78 is 0. The molecule has 0 radical (unpaired) electrons. The zero-order valence-electron chi connectivity index (χ0n) is 9.33. The number of pyridine rings is 1. The molecule has 1 aromatic rings. The summed E-state index contributed by atoms with van der Waals surface area (Å²) >= 11 is 0. The maximum Gasteiger partial charge on any atom is 0.0270 e. The molecular formula is C12H20N2. The minimum absolute atomic E-state index is 0.0820. The lowest BCUT2D eigenvalue weighted by Gasteiger charge is -2.32. The van der Waals surface area contributed by atoms with Crippen LogP contribution in [0.3, 0.4) is 0 Å². The van der Waals surface area contributed by atoms with Crippen LogP contribution in [0.15, 0.2) is 24.5 Å². The minimum Gasteiger partial charge on any atom is -0.325 e. The topological polar surface area (TPSA) is 38.9 Å². The zero-order valence-corrected chi connectivity index (χ0v) is 9.33. The average Bonchev–Trinajstić information content (AvgIpc) is 2.19. The van der Waals surface area contributed by atoms with Gasteiger partial charge in [-0.3, -0.25) is 4.98 Å². The Morgan fingerprint density at radius 1 is 1.36 bits per heavy atom. The Balaban J connectivity index is 2.76. The van der Waals surface area contributed by atoms with Crippen molar-refractivity contribution in [3.63, 3.8) is 0 Å². The van der Waals surface area contributed by atoms with Gasteiger partial charge in [-0.05, 0) is 36.5 Å². The first kappa shape index (κ1) is 11.2. The van der Waals surface area contributed by atoms with Crippen LogP contribution in [0.4, 0.5) is 0 Å². The molecule has 1 unspecified atom stereocenters. The molecule has 0 aliphatic rings. The Bertz CT molecular complexity index is 269. The maximum atomic E-state index is 6.35. The van der Waals surface area contributed by atoms with Gasteiger partial charge < -0.3 is 5.73 Å². The fourth-order valence-corrected chi connectivity index (χ4v) is 1.62. The monoisotopic (exact) mass is 192 g/mol. The van der Waals surface area contributed by atoms with Crippen molar-refractivity contribution in [1.29, 1.82) is 0 Å². The van der Waals surface area contributed by atoms with E-state index in [-0.39, 0.29) is 5.54 Å². The van der Waals surface area contributed by atoms with Crippen LogP contribution < -0.4 is 5.73 Å². The summed E-state index contributed by atoms with van der Waals surface area (Å²) in [6.07, 6.45) is 5.59. The van der Waals surface area contributed by atoms with E-state index in [1.165, 1.54) is 5.56 Å². The fourth-order valence-electron chi connectivity index (χ4n) is 1.62. The Kier molecular flexibility index (Phi) is 3.64. The van der Waals surface area contributed by atoms with Gasteiger partial charge >= 0.3 is 0 Å². The highest BCUT2D eigenvalue weighted by Crippen LogP contribution is 2.22. The lowest BCUT2D eigenvalue weighted by atomic mass is 9.80. The highest BCUT2D eigenvalue weighted by Gasteiger charge is 2.26. The van der Waals surface area contributed by atoms with E-state index in [0.717, 1.165) is 12.8 Å². The predicted octanol–water partition coefficient (Wildman–Crippen LogP) is 2.39. The van der Waals surface area contributed by atoms with E-state index in [1.54, 1.807) is 0 Å². The van der Waals surface area contributed by atoms with Gasteiger partial charge in [0.2, 0.25) is 0 Å². The Morgan fingerprint density at radius 3 is 2.36 bits per heavy atom. The van der Waals surface area contributed by atoms with E-state index in [1.807, 2.05) is 24.5 Å². The summed E-state index contributed by atoms with van der Waals surface area (Å²) in [6.45, 7) is 6.52. The molecule has 1 heterocycles. The molecule has 0 amide bonds. The van der Waals surface area contributed by atoms with Crippen LogP contribution in [-0.2, 0) is 6.42 Å². The van der Waals surface area contributed by atoms with Gasteiger partial charge in [-0.1, -0.05) is 20.8 Å². The van der Waals surface area contributed by atoms with Crippen molar-refractivity contribution in [2.45, 2.75) is 39.2 Å². The van der Waals surface area contributed by atoms with E-state index >= 15 is 0 Å². The first-order chi connectivity index (χ1) is 6.58. The molecule has 0 saturated carbocycles. The van der Waals surface area contributed by atoms with Crippen LogP contribution in [0.1, 0.15) is 32.8 Å². The van der Waals surface area contributed by atoms with E-state index in [9.17, 15) is 0 Å². The summed E-state index contributed by atoms with van der Waals surface area (Å²) in [7, 11) is 0. The number of rotatable bonds is 4. The van der Waals surface area contributed by atoms with Crippen LogP contribution in [0, 0.1) is 5.92 Å². The van der Waals surface area contributed by atoms with E-state index in [2.05, 4.69) is 25.8 Å². The molecule has 0 aliphatic carbocycles. The molecule has 2 N–H and O–H groups in total. The molecule has 14 heavy (non-hydrogen) atoms. The molecule has 0 fully saturated rings. The molecule has 0 aliphatic heterocycles. The molecule has 2 heteroatoms. The first-order valence-corrected chi connectivity index (χ1v) is 5.26. The smallest absolute Gasteiger partial charge is 0.0270 e. The van der Waals surface area contributed by atoms with Gasteiger partial charge in [0.05, 0.1) is 0 Å². The van der Waals surface area contributed by atoms with E-state index < -0.39 is 0 Å². The minimum atomic E-state index is -0.0820. The third-order valence-electron chi connectivity index (χ3n) is 3.09. The first-order valence-electron chi connectivity index (χ1n) is 5.26. The second kappa shape index (κ2) is 4.56. The van der Waals surface area contributed by atoms with Crippen molar-refractivity contribution >= 4 is 0 Å². The van der Waals surface area contributed by atoms with Gasteiger partial charge in [0, 0.05) is 17.9 Å². The molecule has 0 saturated heterocycles. The number of nitrogens with two attached hydrogens (primary N) is 1. The number of hydrogen-bond donors (Lipinski definition) is 1. The van der Waals surface area contributed by atoms with Gasteiger partial charge in [-0.15, -0.1) is 0 Å². The zero-order chi connectivity index (χ0) is 10.6.